The van der Waals surface area contributed by atoms with E-state index >= 15 is 0 Å². The monoisotopic (exact) mass is 395 g/mol. The summed E-state index contributed by atoms with van der Waals surface area (Å²) in [5, 5.41) is 6.09. The van der Waals surface area contributed by atoms with Gasteiger partial charge in [-0.05, 0) is 62.9 Å². The van der Waals surface area contributed by atoms with Gasteiger partial charge in [0.1, 0.15) is 0 Å². The number of hydrogen-bond acceptors (Lipinski definition) is 3. The van der Waals surface area contributed by atoms with Crippen molar-refractivity contribution in [2.75, 3.05) is 11.9 Å². The number of nitrogens with one attached hydrogen (secondary N) is 2. The fourth-order valence-electron chi connectivity index (χ4n) is 3.46. The number of carbonyl (C=O) groups excluding carboxylic acids is 2. The average molecular weight is 396 g/mol. The van der Waals surface area contributed by atoms with Gasteiger partial charge in [0.05, 0.1) is 0 Å². The second-order valence-corrected chi connectivity index (χ2v) is 7.34. The third-order valence-electron chi connectivity index (χ3n) is 5.06. The third kappa shape index (κ3) is 8.31. The van der Waals surface area contributed by atoms with E-state index in [0.29, 0.717) is 24.6 Å². The van der Waals surface area contributed by atoms with Crippen molar-refractivity contribution in [3.63, 3.8) is 0 Å². The SMILES string of the molecule is Cc1cc(C(=O)NC2CCCCC2)ccc1NC(=O)CCCCCCN.Cl. The molecule has 1 saturated carbocycles. The van der Waals surface area contributed by atoms with Crippen LogP contribution >= 0.6 is 12.4 Å². The molecule has 0 spiro atoms. The van der Waals surface area contributed by atoms with E-state index in [1.807, 2.05) is 19.1 Å². The van der Waals surface area contributed by atoms with E-state index < -0.39 is 0 Å². The number of halogens is 1. The molecule has 2 rings (SSSR count). The number of carbonyl (C=O) groups is 2. The first-order chi connectivity index (χ1) is 12.6. The zero-order chi connectivity index (χ0) is 18.8. The van der Waals surface area contributed by atoms with Crippen LogP contribution in [0.4, 0.5) is 5.69 Å². The van der Waals surface area contributed by atoms with Crippen molar-refractivity contribution < 1.29 is 9.59 Å². The highest BCUT2D eigenvalue weighted by Crippen LogP contribution is 2.20. The Morgan fingerprint density at radius 3 is 2.44 bits per heavy atom. The first kappa shape index (κ1) is 23.4. The molecule has 0 bridgehead atoms. The van der Waals surface area contributed by atoms with Crippen LogP contribution in [0.3, 0.4) is 0 Å². The summed E-state index contributed by atoms with van der Waals surface area (Å²) in [6.07, 6.45) is 10.3. The molecule has 0 aliphatic heterocycles. The summed E-state index contributed by atoms with van der Waals surface area (Å²) in [5.41, 5.74) is 7.83. The molecule has 152 valence electrons. The van der Waals surface area contributed by atoms with Crippen LogP contribution in [0, 0.1) is 6.92 Å². The molecular weight excluding hydrogens is 362 g/mol. The van der Waals surface area contributed by atoms with Gasteiger partial charge in [0.15, 0.2) is 0 Å². The average Bonchev–Trinajstić information content (AvgIpc) is 2.64. The number of anilines is 1. The van der Waals surface area contributed by atoms with Gasteiger partial charge < -0.3 is 16.4 Å². The quantitative estimate of drug-likeness (QED) is 0.544. The molecule has 0 radical (unpaired) electrons. The molecule has 1 fully saturated rings. The van der Waals surface area contributed by atoms with E-state index in [1.165, 1.54) is 19.3 Å². The van der Waals surface area contributed by atoms with Crippen LogP contribution in [0.25, 0.3) is 0 Å². The predicted octanol–water partition coefficient (Wildman–Crippen LogP) is 4.33. The molecule has 1 aromatic rings. The van der Waals surface area contributed by atoms with Crippen molar-refractivity contribution in [2.45, 2.75) is 77.2 Å². The highest BCUT2D eigenvalue weighted by Gasteiger charge is 2.17. The molecule has 6 heteroatoms. The molecule has 0 unspecified atom stereocenters. The number of rotatable bonds is 9. The van der Waals surface area contributed by atoms with Crippen LogP contribution in [0.2, 0.25) is 0 Å². The molecule has 0 aromatic heterocycles. The second kappa shape index (κ2) is 12.7. The van der Waals surface area contributed by atoms with Crippen molar-refractivity contribution in [1.82, 2.24) is 5.32 Å². The minimum atomic E-state index is -0.0159. The summed E-state index contributed by atoms with van der Waals surface area (Å²) < 4.78 is 0. The molecular formula is C21H34ClN3O2. The van der Waals surface area contributed by atoms with Crippen LogP contribution in [-0.4, -0.2) is 24.4 Å². The van der Waals surface area contributed by atoms with Gasteiger partial charge >= 0.3 is 0 Å². The van der Waals surface area contributed by atoms with Crippen LogP contribution in [-0.2, 0) is 4.79 Å². The fraction of sp³-hybridized carbons (Fsp3) is 0.619. The lowest BCUT2D eigenvalue weighted by atomic mass is 9.95. The molecule has 0 saturated heterocycles. The maximum absolute atomic E-state index is 12.4. The molecule has 2 amide bonds. The van der Waals surface area contributed by atoms with Crippen molar-refractivity contribution in [3.8, 4) is 0 Å². The number of hydrogen-bond donors (Lipinski definition) is 3. The third-order valence-corrected chi connectivity index (χ3v) is 5.06. The Bertz CT molecular complexity index is 601. The second-order valence-electron chi connectivity index (χ2n) is 7.34. The molecule has 1 aliphatic carbocycles. The predicted molar refractivity (Wildman–Crippen MR) is 114 cm³/mol. The van der Waals surface area contributed by atoms with E-state index in [-0.39, 0.29) is 24.2 Å². The lowest BCUT2D eigenvalue weighted by Gasteiger charge is -2.23. The molecule has 5 nitrogen and oxygen atoms in total. The Morgan fingerprint density at radius 2 is 1.78 bits per heavy atom. The Kier molecular flexibility index (Phi) is 11.1. The molecule has 1 aromatic carbocycles. The van der Waals surface area contributed by atoms with Gasteiger partial charge in [-0.1, -0.05) is 32.1 Å². The van der Waals surface area contributed by atoms with Gasteiger partial charge in [0.2, 0.25) is 5.91 Å². The first-order valence-corrected chi connectivity index (χ1v) is 10.0. The topological polar surface area (TPSA) is 84.2 Å². The van der Waals surface area contributed by atoms with Crippen LogP contribution < -0.4 is 16.4 Å². The van der Waals surface area contributed by atoms with Crippen molar-refractivity contribution in [2.24, 2.45) is 5.73 Å². The Balaban J connectivity index is 0.00000364. The van der Waals surface area contributed by atoms with Gasteiger partial charge in [-0.25, -0.2) is 0 Å². The first-order valence-electron chi connectivity index (χ1n) is 10.0. The maximum Gasteiger partial charge on any atom is 0.251 e. The van der Waals surface area contributed by atoms with Gasteiger partial charge in [0, 0.05) is 23.7 Å². The minimum Gasteiger partial charge on any atom is -0.349 e. The van der Waals surface area contributed by atoms with E-state index in [9.17, 15) is 9.59 Å². The van der Waals surface area contributed by atoms with Crippen LogP contribution in [0.15, 0.2) is 18.2 Å². The summed E-state index contributed by atoms with van der Waals surface area (Å²) >= 11 is 0. The van der Waals surface area contributed by atoms with Crippen LogP contribution in [0.5, 0.6) is 0 Å². The van der Waals surface area contributed by atoms with Crippen molar-refractivity contribution in [3.05, 3.63) is 29.3 Å². The van der Waals surface area contributed by atoms with Crippen molar-refractivity contribution in [1.29, 1.82) is 0 Å². The summed E-state index contributed by atoms with van der Waals surface area (Å²) in [4.78, 5) is 24.5. The Labute approximate surface area is 169 Å². The molecule has 1 aliphatic rings. The molecule has 0 heterocycles. The Hall–Kier alpha value is -1.59. The van der Waals surface area contributed by atoms with E-state index in [1.54, 1.807) is 6.07 Å². The summed E-state index contributed by atoms with van der Waals surface area (Å²) in [6, 6.07) is 5.78. The number of benzene rings is 1. The van der Waals surface area contributed by atoms with E-state index in [0.717, 1.165) is 49.8 Å². The standard InChI is InChI=1S/C21H33N3O2.ClH/c1-16-15-17(21(26)23-18-9-5-4-6-10-18)12-13-19(16)24-20(25)11-7-2-3-8-14-22;/h12-13,15,18H,2-11,14,22H2,1H3,(H,23,26)(H,24,25);1H. The minimum absolute atomic E-state index is 0. The van der Waals surface area contributed by atoms with Gasteiger partial charge in [-0.2, -0.15) is 0 Å². The summed E-state index contributed by atoms with van der Waals surface area (Å²) in [7, 11) is 0. The number of unbranched alkanes of at least 4 members (excludes halogenated alkanes) is 3. The highest BCUT2D eigenvalue weighted by molar-refractivity contribution is 5.96. The summed E-state index contributed by atoms with van der Waals surface area (Å²) in [5.74, 6) is 0.0121. The van der Waals surface area contributed by atoms with E-state index in [2.05, 4.69) is 10.6 Å². The smallest absolute Gasteiger partial charge is 0.251 e. The number of amides is 2. The lowest BCUT2D eigenvalue weighted by molar-refractivity contribution is -0.116. The van der Waals surface area contributed by atoms with E-state index in [4.69, 9.17) is 5.73 Å². The molecule has 27 heavy (non-hydrogen) atoms. The van der Waals surface area contributed by atoms with Gasteiger partial charge in [-0.3, -0.25) is 9.59 Å². The van der Waals surface area contributed by atoms with Crippen LogP contribution in [0.1, 0.15) is 80.1 Å². The highest BCUT2D eigenvalue weighted by atomic mass is 35.5. The van der Waals surface area contributed by atoms with Gasteiger partial charge in [-0.15, -0.1) is 12.4 Å². The lowest BCUT2D eigenvalue weighted by Crippen LogP contribution is -2.36. The largest absolute Gasteiger partial charge is 0.349 e. The van der Waals surface area contributed by atoms with Crippen molar-refractivity contribution >= 4 is 29.9 Å². The molecule has 4 N–H and O–H groups in total. The number of aryl methyl sites for hydroxylation is 1. The number of nitrogens with two attached hydrogens (primary N) is 1. The normalized spacial score (nSPS) is 14.3. The Morgan fingerprint density at radius 1 is 1.07 bits per heavy atom. The summed E-state index contributed by atoms with van der Waals surface area (Å²) in [6.45, 7) is 2.64. The zero-order valence-corrected chi connectivity index (χ0v) is 17.2. The maximum atomic E-state index is 12.4. The molecule has 0 atom stereocenters. The van der Waals surface area contributed by atoms with Gasteiger partial charge in [0.25, 0.3) is 5.91 Å². The fourth-order valence-corrected chi connectivity index (χ4v) is 3.46. The zero-order valence-electron chi connectivity index (χ0n) is 16.4.